The number of nitrogens with two attached hydrogens (primary N) is 1. The Morgan fingerprint density at radius 1 is 1.47 bits per heavy atom. The van der Waals surface area contributed by atoms with Crippen LogP contribution in [-0.4, -0.2) is 22.3 Å². The average Bonchev–Trinajstić information content (AvgIpc) is 2.27. The Hall–Kier alpha value is -1.61. The van der Waals surface area contributed by atoms with Crippen molar-refractivity contribution in [2.75, 3.05) is 5.17 Å². The number of carbonyl (C=O) groups is 1. The zero-order valence-corrected chi connectivity index (χ0v) is 10.7. The Morgan fingerprint density at radius 3 is 2.53 bits per heavy atom. The van der Waals surface area contributed by atoms with Gasteiger partial charge in [-0.2, -0.15) is 13.2 Å². The Balaban J connectivity index is 3.00. The summed E-state index contributed by atoms with van der Waals surface area (Å²) in [6, 6.07) is 1.37. The van der Waals surface area contributed by atoms with E-state index in [2.05, 4.69) is 15.0 Å². The minimum Gasteiger partial charge on any atom is -0.315 e. The highest BCUT2D eigenvalue weighted by atomic mass is 35.5. The van der Waals surface area contributed by atoms with Gasteiger partial charge in [-0.05, 0) is 12.0 Å². The van der Waals surface area contributed by atoms with Gasteiger partial charge in [0.05, 0.1) is 0 Å². The minimum absolute atomic E-state index is 0.0444. The lowest BCUT2D eigenvalue weighted by molar-refractivity contribution is -0.201. The van der Waals surface area contributed by atoms with Crippen LogP contribution in [0.3, 0.4) is 0 Å². The third-order valence-corrected chi connectivity index (χ3v) is 2.20. The molecular weight excluding hydrogens is 289 g/mol. The second-order valence-corrected chi connectivity index (χ2v) is 4.19. The fourth-order valence-electron chi connectivity index (χ4n) is 1.16. The first kappa shape index (κ1) is 15.4. The van der Waals surface area contributed by atoms with Crippen molar-refractivity contribution in [3.63, 3.8) is 0 Å². The molecule has 1 aromatic heterocycles. The fourth-order valence-corrected chi connectivity index (χ4v) is 1.31. The summed E-state index contributed by atoms with van der Waals surface area (Å²) in [7, 11) is 0. The van der Waals surface area contributed by atoms with Gasteiger partial charge in [0, 0.05) is 5.56 Å². The van der Waals surface area contributed by atoms with Crippen molar-refractivity contribution in [3.8, 4) is 0 Å². The van der Waals surface area contributed by atoms with E-state index >= 15 is 0 Å². The van der Waals surface area contributed by atoms with Crippen molar-refractivity contribution in [3.05, 3.63) is 16.8 Å². The number of hydrogen-bond acceptors (Lipinski definition) is 6. The van der Waals surface area contributed by atoms with Crippen molar-refractivity contribution < 1.29 is 22.8 Å². The van der Waals surface area contributed by atoms with Gasteiger partial charge in [0.15, 0.2) is 5.15 Å². The van der Waals surface area contributed by atoms with Crippen molar-refractivity contribution in [1.29, 1.82) is 0 Å². The lowest BCUT2D eigenvalue weighted by atomic mass is 10.1. The molecule has 1 heterocycles. The van der Waals surface area contributed by atoms with E-state index in [9.17, 15) is 18.0 Å². The lowest BCUT2D eigenvalue weighted by Gasteiger charge is -2.20. The molecule has 6 nitrogen and oxygen atoms in total. The minimum atomic E-state index is -5.16. The predicted octanol–water partition coefficient (Wildman–Crippen LogP) is 1.95. The summed E-state index contributed by atoms with van der Waals surface area (Å²) in [5, 5.41) is 7.11. The first-order valence-corrected chi connectivity index (χ1v) is 5.37. The smallest absolute Gasteiger partial charge is 0.315 e. The zero-order chi connectivity index (χ0) is 14.8. The van der Waals surface area contributed by atoms with Gasteiger partial charge in [-0.3, -0.25) is 0 Å². The first-order valence-electron chi connectivity index (χ1n) is 5.00. The Labute approximate surface area is 111 Å². The summed E-state index contributed by atoms with van der Waals surface area (Å²) >= 11 is 5.62. The zero-order valence-electron chi connectivity index (χ0n) is 9.90. The number of hydrazine groups is 1. The topological polar surface area (TPSA) is 81.3 Å². The molecule has 0 aliphatic heterocycles. The van der Waals surface area contributed by atoms with Gasteiger partial charge < -0.3 is 4.84 Å². The van der Waals surface area contributed by atoms with Gasteiger partial charge in [-0.25, -0.2) is 10.6 Å². The molecule has 0 aliphatic carbocycles. The number of carbonyl (C=O) groups excluding carboxylic acids is 1. The maximum Gasteiger partial charge on any atom is 0.493 e. The Bertz CT molecular complexity index is 481. The van der Waals surface area contributed by atoms with Crippen LogP contribution >= 0.6 is 11.6 Å². The van der Waals surface area contributed by atoms with Crippen LogP contribution in [0.4, 0.5) is 19.0 Å². The average molecular weight is 299 g/mol. The van der Waals surface area contributed by atoms with Gasteiger partial charge >= 0.3 is 12.1 Å². The maximum atomic E-state index is 12.0. The molecule has 0 saturated carbocycles. The standard InChI is InChI=1S/C9H10ClF3N4O2/c1-4(2)5-3-6(10)15-16-7(5)17(14)19-8(18)9(11,12)13/h3-4H,14H2,1-2H3. The molecular formula is C9H10ClF3N4O2. The third-order valence-electron chi connectivity index (χ3n) is 2.02. The number of halogens is 4. The van der Waals surface area contributed by atoms with Crippen LogP contribution in [0.5, 0.6) is 0 Å². The molecule has 0 aliphatic rings. The van der Waals surface area contributed by atoms with E-state index < -0.39 is 12.1 Å². The summed E-state index contributed by atoms with van der Waals surface area (Å²) < 4.78 is 36.1. The molecule has 0 bridgehead atoms. The highest BCUT2D eigenvalue weighted by molar-refractivity contribution is 6.29. The maximum absolute atomic E-state index is 12.0. The Kier molecular flexibility index (Phi) is 4.53. The molecule has 0 spiro atoms. The van der Waals surface area contributed by atoms with Crippen molar-refractivity contribution in [2.45, 2.75) is 25.9 Å². The van der Waals surface area contributed by atoms with Crippen LogP contribution in [-0.2, 0) is 9.63 Å². The van der Waals surface area contributed by atoms with Gasteiger partial charge in [0.2, 0.25) is 5.82 Å². The van der Waals surface area contributed by atoms with Crippen molar-refractivity contribution in [2.24, 2.45) is 5.84 Å². The number of anilines is 1. The van der Waals surface area contributed by atoms with E-state index in [0.717, 1.165) is 0 Å². The number of rotatable bonds is 3. The number of hydrogen-bond donors (Lipinski definition) is 1. The molecule has 0 aromatic carbocycles. The molecule has 19 heavy (non-hydrogen) atoms. The first-order chi connectivity index (χ1) is 8.62. The summed E-state index contributed by atoms with van der Waals surface area (Å²) in [5.41, 5.74) is 0.387. The number of aromatic nitrogens is 2. The van der Waals surface area contributed by atoms with E-state index in [1.807, 2.05) is 0 Å². The molecule has 0 radical (unpaired) electrons. The highest BCUT2D eigenvalue weighted by Gasteiger charge is 2.43. The third kappa shape index (κ3) is 3.93. The summed E-state index contributed by atoms with van der Waals surface area (Å²) in [5.74, 6) is 2.38. The molecule has 0 amide bonds. The largest absolute Gasteiger partial charge is 0.493 e. The van der Waals surface area contributed by atoms with Gasteiger partial charge in [-0.15, -0.1) is 15.4 Å². The SMILES string of the molecule is CC(C)c1cc(Cl)nnc1N(N)OC(=O)C(F)(F)F. The molecule has 0 fully saturated rings. The summed E-state index contributed by atoms with van der Waals surface area (Å²) in [4.78, 5) is 14.6. The van der Waals surface area contributed by atoms with E-state index in [1.165, 1.54) is 6.07 Å². The number of alkyl halides is 3. The van der Waals surface area contributed by atoms with Gasteiger partial charge in [0.1, 0.15) is 0 Å². The molecule has 10 heteroatoms. The molecule has 106 valence electrons. The van der Waals surface area contributed by atoms with Gasteiger partial charge in [-0.1, -0.05) is 25.4 Å². The summed E-state index contributed by atoms with van der Waals surface area (Å²) in [6.45, 7) is 3.46. The van der Waals surface area contributed by atoms with Crippen LogP contribution in [0, 0.1) is 0 Å². The normalized spacial score (nSPS) is 11.6. The molecule has 1 aromatic rings. The van der Waals surface area contributed by atoms with E-state index in [0.29, 0.717) is 5.56 Å². The number of nitrogens with zero attached hydrogens (tertiary/aromatic N) is 3. The predicted molar refractivity (Wildman–Crippen MR) is 59.9 cm³/mol. The molecule has 1 rings (SSSR count). The van der Waals surface area contributed by atoms with Crippen LogP contribution in [0.15, 0.2) is 6.07 Å². The second-order valence-electron chi connectivity index (χ2n) is 3.80. The fraction of sp³-hybridized carbons (Fsp3) is 0.444. The molecule has 0 unspecified atom stereocenters. The van der Waals surface area contributed by atoms with E-state index in [-0.39, 0.29) is 22.1 Å². The molecule has 0 saturated heterocycles. The van der Waals surface area contributed by atoms with Crippen molar-refractivity contribution in [1.82, 2.24) is 10.2 Å². The lowest BCUT2D eigenvalue weighted by Crippen LogP contribution is -2.40. The molecule has 0 atom stereocenters. The van der Waals surface area contributed by atoms with Crippen LogP contribution in [0.1, 0.15) is 25.3 Å². The van der Waals surface area contributed by atoms with Gasteiger partial charge in [0.25, 0.3) is 0 Å². The Morgan fingerprint density at radius 2 is 2.05 bits per heavy atom. The van der Waals surface area contributed by atoms with Crippen molar-refractivity contribution >= 4 is 23.4 Å². The monoisotopic (exact) mass is 298 g/mol. The molecule has 2 N–H and O–H groups in total. The quantitative estimate of drug-likeness (QED) is 0.678. The van der Waals surface area contributed by atoms with Crippen LogP contribution < -0.4 is 11.0 Å². The van der Waals surface area contributed by atoms with E-state index in [4.69, 9.17) is 17.4 Å². The van der Waals surface area contributed by atoms with Crippen LogP contribution in [0.2, 0.25) is 5.15 Å². The highest BCUT2D eigenvalue weighted by Crippen LogP contribution is 2.26. The second kappa shape index (κ2) is 5.57. The van der Waals surface area contributed by atoms with E-state index in [1.54, 1.807) is 13.8 Å². The summed E-state index contributed by atoms with van der Waals surface area (Å²) in [6.07, 6.45) is -5.16. The van der Waals surface area contributed by atoms with Crippen LogP contribution in [0.25, 0.3) is 0 Å².